The summed E-state index contributed by atoms with van der Waals surface area (Å²) in [6.45, 7) is 4.02. The third-order valence-electron chi connectivity index (χ3n) is 4.59. The van der Waals surface area contributed by atoms with Gasteiger partial charge in [-0.15, -0.1) is 10.2 Å². The van der Waals surface area contributed by atoms with Gasteiger partial charge in [0.05, 0.1) is 5.75 Å². The predicted molar refractivity (Wildman–Crippen MR) is 127 cm³/mol. The molecule has 1 amide bonds. The Labute approximate surface area is 190 Å². The molecule has 0 unspecified atom stereocenters. The Kier molecular flexibility index (Phi) is 6.39. The highest BCUT2D eigenvalue weighted by Gasteiger charge is 2.17. The Balaban J connectivity index is 1.58. The standard InChI is InChI=1S/C24H21ClN4OS/c1-16-12-17(2)14-20(13-16)26-22(30)15-31-24-28-27-23(18-8-10-19(25)11-9-18)29(24)21-6-4-3-5-7-21/h3-14H,15H2,1-2H3,(H,26,30). The molecule has 0 saturated carbocycles. The van der Waals surface area contributed by atoms with Crippen LogP contribution in [-0.2, 0) is 4.79 Å². The first-order valence-corrected chi connectivity index (χ1v) is 11.1. The predicted octanol–water partition coefficient (Wildman–Crippen LogP) is 5.94. The smallest absolute Gasteiger partial charge is 0.234 e. The van der Waals surface area contributed by atoms with Crippen LogP contribution in [0.3, 0.4) is 0 Å². The zero-order chi connectivity index (χ0) is 21.8. The van der Waals surface area contributed by atoms with Gasteiger partial charge in [0.1, 0.15) is 0 Å². The maximum atomic E-state index is 12.6. The molecular weight excluding hydrogens is 428 g/mol. The third kappa shape index (κ3) is 5.16. The van der Waals surface area contributed by atoms with Crippen LogP contribution in [0, 0.1) is 13.8 Å². The molecule has 1 N–H and O–H groups in total. The lowest BCUT2D eigenvalue weighted by molar-refractivity contribution is -0.113. The second-order valence-electron chi connectivity index (χ2n) is 7.20. The normalized spacial score (nSPS) is 10.8. The number of amides is 1. The molecule has 0 spiro atoms. The number of aromatic nitrogens is 3. The van der Waals surface area contributed by atoms with E-state index in [1.54, 1.807) is 0 Å². The van der Waals surface area contributed by atoms with Crippen molar-refractivity contribution in [1.82, 2.24) is 14.8 Å². The van der Waals surface area contributed by atoms with E-state index in [0.29, 0.717) is 16.0 Å². The molecule has 4 aromatic rings. The Morgan fingerprint density at radius 2 is 1.65 bits per heavy atom. The van der Waals surface area contributed by atoms with Gasteiger partial charge in [0.2, 0.25) is 5.91 Å². The van der Waals surface area contributed by atoms with Crippen molar-refractivity contribution in [2.24, 2.45) is 0 Å². The average Bonchev–Trinajstić information content (AvgIpc) is 3.16. The van der Waals surface area contributed by atoms with E-state index in [-0.39, 0.29) is 11.7 Å². The fraction of sp³-hybridized carbons (Fsp3) is 0.125. The minimum Gasteiger partial charge on any atom is -0.325 e. The van der Waals surface area contributed by atoms with Crippen molar-refractivity contribution in [2.75, 3.05) is 11.1 Å². The van der Waals surface area contributed by atoms with Gasteiger partial charge < -0.3 is 5.32 Å². The van der Waals surface area contributed by atoms with Gasteiger partial charge in [-0.3, -0.25) is 9.36 Å². The number of nitrogens with one attached hydrogen (secondary N) is 1. The molecule has 1 aromatic heterocycles. The molecule has 0 aliphatic rings. The van der Waals surface area contributed by atoms with Crippen molar-refractivity contribution in [3.05, 3.63) is 88.9 Å². The van der Waals surface area contributed by atoms with E-state index in [4.69, 9.17) is 11.6 Å². The number of para-hydroxylation sites is 1. The molecule has 156 valence electrons. The molecule has 31 heavy (non-hydrogen) atoms. The molecule has 3 aromatic carbocycles. The molecule has 0 aliphatic heterocycles. The van der Waals surface area contributed by atoms with Gasteiger partial charge in [-0.25, -0.2) is 0 Å². The van der Waals surface area contributed by atoms with Crippen LogP contribution in [0.25, 0.3) is 17.1 Å². The number of carbonyl (C=O) groups excluding carboxylic acids is 1. The van der Waals surface area contributed by atoms with Crippen LogP contribution in [-0.4, -0.2) is 26.4 Å². The number of nitrogens with zero attached hydrogens (tertiary/aromatic N) is 3. The minimum absolute atomic E-state index is 0.0920. The first-order chi connectivity index (χ1) is 15.0. The summed E-state index contributed by atoms with van der Waals surface area (Å²) in [7, 11) is 0. The van der Waals surface area contributed by atoms with Crippen LogP contribution in [0.1, 0.15) is 11.1 Å². The van der Waals surface area contributed by atoms with Crippen LogP contribution < -0.4 is 5.32 Å². The van der Waals surface area contributed by atoms with Crippen LogP contribution in [0.4, 0.5) is 5.69 Å². The molecule has 0 fully saturated rings. The van der Waals surface area contributed by atoms with Gasteiger partial charge in [0.15, 0.2) is 11.0 Å². The van der Waals surface area contributed by atoms with Gasteiger partial charge >= 0.3 is 0 Å². The second-order valence-corrected chi connectivity index (χ2v) is 8.58. The molecule has 0 atom stereocenters. The molecular formula is C24H21ClN4OS. The maximum Gasteiger partial charge on any atom is 0.234 e. The number of hydrogen-bond acceptors (Lipinski definition) is 4. The Morgan fingerprint density at radius 1 is 0.968 bits per heavy atom. The summed E-state index contributed by atoms with van der Waals surface area (Å²) in [6.07, 6.45) is 0. The fourth-order valence-corrected chi connectivity index (χ4v) is 4.21. The summed E-state index contributed by atoms with van der Waals surface area (Å²) in [5.74, 6) is 0.823. The van der Waals surface area contributed by atoms with Gasteiger partial charge in [0.25, 0.3) is 0 Å². The highest BCUT2D eigenvalue weighted by atomic mass is 35.5. The number of anilines is 1. The summed E-state index contributed by atoms with van der Waals surface area (Å²) in [6, 6.07) is 23.3. The van der Waals surface area contributed by atoms with Gasteiger partial charge in [-0.1, -0.05) is 47.6 Å². The van der Waals surface area contributed by atoms with Crippen LogP contribution >= 0.6 is 23.4 Å². The van der Waals surface area contributed by atoms with Crippen LogP contribution in [0.15, 0.2) is 78.0 Å². The second kappa shape index (κ2) is 9.37. The molecule has 5 nitrogen and oxygen atoms in total. The zero-order valence-corrected chi connectivity index (χ0v) is 18.7. The molecule has 4 rings (SSSR count). The zero-order valence-electron chi connectivity index (χ0n) is 17.2. The van der Waals surface area contributed by atoms with E-state index in [0.717, 1.165) is 28.1 Å². The Hall–Kier alpha value is -3.09. The van der Waals surface area contributed by atoms with Gasteiger partial charge in [-0.05, 0) is 73.5 Å². The van der Waals surface area contributed by atoms with Crippen LogP contribution in [0.5, 0.6) is 0 Å². The van der Waals surface area contributed by atoms with E-state index in [1.807, 2.05) is 85.1 Å². The van der Waals surface area contributed by atoms with Crippen molar-refractivity contribution < 1.29 is 4.79 Å². The quantitative estimate of drug-likeness (QED) is 0.371. The van der Waals surface area contributed by atoms with Crippen molar-refractivity contribution in [1.29, 1.82) is 0 Å². The number of carbonyl (C=O) groups is 1. The number of halogens is 1. The monoisotopic (exact) mass is 448 g/mol. The lowest BCUT2D eigenvalue weighted by Gasteiger charge is -2.11. The Bertz CT molecular complexity index is 1190. The highest BCUT2D eigenvalue weighted by molar-refractivity contribution is 7.99. The average molecular weight is 449 g/mol. The number of thioether (sulfide) groups is 1. The lowest BCUT2D eigenvalue weighted by atomic mass is 10.1. The number of aryl methyl sites for hydroxylation is 2. The van der Waals surface area contributed by atoms with Crippen molar-refractivity contribution in [3.63, 3.8) is 0 Å². The van der Waals surface area contributed by atoms with E-state index >= 15 is 0 Å². The number of benzene rings is 3. The third-order valence-corrected chi connectivity index (χ3v) is 5.77. The van der Waals surface area contributed by atoms with Gasteiger partial charge in [-0.2, -0.15) is 0 Å². The molecule has 7 heteroatoms. The molecule has 0 saturated heterocycles. The largest absolute Gasteiger partial charge is 0.325 e. The van der Waals surface area contributed by atoms with Crippen molar-refractivity contribution in [3.8, 4) is 17.1 Å². The SMILES string of the molecule is Cc1cc(C)cc(NC(=O)CSc2nnc(-c3ccc(Cl)cc3)n2-c2ccccc2)c1. The van der Waals surface area contributed by atoms with Crippen molar-refractivity contribution >= 4 is 35.0 Å². The molecule has 1 heterocycles. The summed E-state index contributed by atoms with van der Waals surface area (Å²) in [5, 5.41) is 13.0. The first-order valence-electron chi connectivity index (χ1n) is 9.77. The van der Waals surface area contributed by atoms with E-state index in [1.165, 1.54) is 11.8 Å². The van der Waals surface area contributed by atoms with Crippen molar-refractivity contribution in [2.45, 2.75) is 19.0 Å². The minimum atomic E-state index is -0.0920. The Morgan fingerprint density at radius 3 is 2.32 bits per heavy atom. The maximum absolute atomic E-state index is 12.6. The lowest BCUT2D eigenvalue weighted by Crippen LogP contribution is -2.14. The van der Waals surface area contributed by atoms with Crippen LogP contribution in [0.2, 0.25) is 5.02 Å². The first kappa shape index (κ1) is 21.2. The van der Waals surface area contributed by atoms with E-state index < -0.39 is 0 Å². The van der Waals surface area contributed by atoms with Gasteiger partial charge in [0, 0.05) is 22.0 Å². The van der Waals surface area contributed by atoms with E-state index in [2.05, 4.69) is 21.6 Å². The molecule has 0 aliphatic carbocycles. The highest BCUT2D eigenvalue weighted by Crippen LogP contribution is 2.28. The topological polar surface area (TPSA) is 59.8 Å². The fourth-order valence-electron chi connectivity index (χ4n) is 3.33. The summed E-state index contributed by atoms with van der Waals surface area (Å²) in [5.41, 5.74) is 4.84. The molecule has 0 bridgehead atoms. The summed E-state index contributed by atoms with van der Waals surface area (Å²) >= 11 is 7.39. The van der Waals surface area contributed by atoms with E-state index in [9.17, 15) is 4.79 Å². The molecule has 0 radical (unpaired) electrons. The summed E-state index contributed by atoms with van der Waals surface area (Å²) in [4.78, 5) is 12.6. The summed E-state index contributed by atoms with van der Waals surface area (Å²) < 4.78 is 1.96. The number of rotatable bonds is 6. The number of hydrogen-bond donors (Lipinski definition) is 1.